The van der Waals surface area contributed by atoms with Crippen LogP contribution in [0.2, 0.25) is 0 Å². The molecule has 0 spiro atoms. The molecule has 0 unspecified atom stereocenters. The molecule has 0 bridgehead atoms. The molecule has 1 atom stereocenters. The molecular weight excluding hydrogens is 334 g/mol. The van der Waals surface area contributed by atoms with Gasteiger partial charge < -0.3 is 15.3 Å². The predicted octanol–water partition coefficient (Wildman–Crippen LogP) is 2.83. The lowest BCUT2D eigenvalue weighted by molar-refractivity contribution is -0.132. The van der Waals surface area contributed by atoms with E-state index in [9.17, 15) is 32.6 Å². The van der Waals surface area contributed by atoms with Crippen LogP contribution in [-0.2, 0) is 4.79 Å². The van der Waals surface area contributed by atoms with E-state index in [4.69, 9.17) is 5.11 Å². The first-order valence-electron chi connectivity index (χ1n) is 6.83. The standard InChI is InChI=1S/C15H15F4NO4/c1-3-9(20-6(2)5-21)10(15(23)24)14(22)7-4-8(16)12(18)13(19)11(7)17/h4,6,21-22H,3,5H2,1-2H3,(H,23,24)/t6-/m0/s1. The topological polar surface area (TPSA) is 90.1 Å². The molecule has 1 aromatic rings. The highest BCUT2D eigenvalue weighted by Gasteiger charge is 2.27. The third-order valence-electron chi connectivity index (χ3n) is 3.07. The number of aliphatic hydroxyl groups is 2. The van der Waals surface area contributed by atoms with Crippen molar-refractivity contribution in [3.63, 3.8) is 0 Å². The minimum Gasteiger partial charge on any atom is -0.506 e. The molecular formula is C15H15F4NO4. The molecule has 0 saturated heterocycles. The number of hydrogen-bond donors (Lipinski definition) is 3. The zero-order chi connectivity index (χ0) is 18.6. The molecule has 3 N–H and O–H groups in total. The van der Waals surface area contributed by atoms with E-state index in [0.29, 0.717) is 0 Å². The van der Waals surface area contributed by atoms with Crippen LogP contribution in [0.25, 0.3) is 5.76 Å². The number of aliphatic carboxylic acids is 1. The molecule has 0 heterocycles. The average molecular weight is 349 g/mol. The Kier molecular flexibility index (Phi) is 6.47. The molecule has 0 aliphatic carbocycles. The first-order chi connectivity index (χ1) is 11.1. The van der Waals surface area contributed by atoms with Crippen molar-refractivity contribution in [2.45, 2.75) is 26.3 Å². The van der Waals surface area contributed by atoms with Crippen LogP contribution in [0, 0.1) is 23.3 Å². The largest absolute Gasteiger partial charge is 0.506 e. The van der Waals surface area contributed by atoms with Crippen LogP contribution in [0.5, 0.6) is 0 Å². The van der Waals surface area contributed by atoms with Crippen LogP contribution in [0.1, 0.15) is 25.8 Å². The number of halogens is 4. The number of aliphatic imine (C=N–C) groups is 1. The number of hydrogen-bond acceptors (Lipinski definition) is 4. The normalized spacial score (nSPS) is 14.4. The summed E-state index contributed by atoms with van der Waals surface area (Å²) >= 11 is 0. The third kappa shape index (κ3) is 3.91. The van der Waals surface area contributed by atoms with Gasteiger partial charge >= 0.3 is 5.97 Å². The van der Waals surface area contributed by atoms with Crippen LogP contribution >= 0.6 is 0 Å². The van der Waals surface area contributed by atoms with Crippen molar-refractivity contribution in [1.82, 2.24) is 0 Å². The number of aliphatic hydroxyl groups excluding tert-OH is 2. The van der Waals surface area contributed by atoms with Crippen LogP contribution < -0.4 is 0 Å². The number of nitrogens with zero attached hydrogens (tertiary/aromatic N) is 1. The zero-order valence-corrected chi connectivity index (χ0v) is 12.8. The number of rotatable bonds is 6. The highest BCUT2D eigenvalue weighted by Crippen LogP contribution is 2.26. The zero-order valence-electron chi connectivity index (χ0n) is 12.8. The second kappa shape index (κ2) is 7.91. The van der Waals surface area contributed by atoms with Gasteiger partial charge in [0.1, 0.15) is 11.3 Å². The second-order valence-corrected chi connectivity index (χ2v) is 4.84. The molecule has 0 fully saturated rings. The van der Waals surface area contributed by atoms with Crippen molar-refractivity contribution in [2.24, 2.45) is 4.99 Å². The summed E-state index contributed by atoms with van der Waals surface area (Å²) in [4.78, 5) is 15.2. The summed E-state index contributed by atoms with van der Waals surface area (Å²) in [6, 6.07) is -0.581. The number of benzene rings is 1. The molecule has 0 radical (unpaired) electrons. The first kappa shape index (κ1) is 19.6. The summed E-state index contributed by atoms with van der Waals surface area (Å²) < 4.78 is 53.3. The highest BCUT2D eigenvalue weighted by atomic mass is 19.2. The van der Waals surface area contributed by atoms with Gasteiger partial charge in [-0.25, -0.2) is 22.4 Å². The molecule has 1 aromatic carbocycles. The fourth-order valence-electron chi connectivity index (χ4n) is 1.88. The van der Waals surface area contributed by atoms with Crippen molar-refractivity contribution < 1.29 is 37.7 Å². The van der Waals surface area contributed by atoms with Crippen molar-refractivity contribution in [2.75, 3.05) is 6.61 Å². The lowest BCUT2D eigenvalue weighted by atomic mass is 10.0. The fraction of sp³-hybridized carbons (Fsp3) is 0.333. The summed E-state index contributed by atoms with van der Waals surface area (Å²) in [6.45, 7) is 2.50. The quantitative estimate of drug-likeness (QED) is 0.184. The summed E-state index contributed by atoms with van der Waals surface area (Å²) in [5, 5.41) is 28.2. The maximum atomic E-state index is 13.8. The van der Waals surface area contributed by atoms with E-state index in [1.165, 1.54) is 13.8 Å². The van der Waals surface area contributed by atoms with Crippen molar-refractivity contribution >= 4 is 17.4 Å². The van der Waals surface area contributed by atoms with Crippen molar-refractivity contribution in [3.05, 3.63) is 40.5 Å². The number of carboxylic acid groups (broad SMARTS) is 1. The summed E-state index contributed by atoms with van der Waals surface area (Å²) in [5.74, 6) is -11.0. The Hall–Kier alpha value is -2.42. The van der Waals surface area contributed by atoms with E-state index in [-0.39, 0.29) is 18.2 Å². The molecule has 0 aliphatic rings. The van der Waals surface area contributed by atoms with Gasteiger partial charge in [-0.1, -0.05) is 6.92 Å². The van der Waals surface area contributed by atoms with Crippen molar-refractivity contribution in [3.8, 4) is 0 Å². The molecule has 5 nitrogen and oxygen atoms in total. The van der Waals surface area contributed by atoms with Crippen LogP contribution in [0.15, 0.2) is 16.6 Å². The van der Waals surface area contributed by atoms with Gasteiger partial charge in [0.25, 0.3) is 0 Å². The monoisotopic (exact) mass is 349 g/mol. The Morgan fingerprint density at radius 3 is 2.21 bits per heavy atom. The van der Waals surface area contributed by atoms with E-state index in [1.54, 1.807) is 0 Å². The maximum Gasteiger partial charge on any atom is 0.341 e. The maximum absolute atomic E-state index is 13.8. The number of carboxylic acids is 1. The SMILES string of the molecule is CCC(=N[C@@H](C)CO)C(C(=O)O)=C(O)c1cc(F)c(F)c(F)c1F. The van der Waals surface area contributed by atoms with Crippen LogP contribution in [-0.4, -0.2) is 39.6 Å². The van der Waals surface area contributed by atoms with E-state index < -0.39 is 58.8 Å². The Morgan fingerprint density at radius 1 is 1.17 bits per heavy atom. The van der Waals surface area contributed by atoms with E-state index in [2.05, 4.69) is 4.99 Å². The fourth-order valence-corrected chi connectivity index (χ4v) is 1.88. The molecule has 132 valence electrons. The summed E-state index contributed by atoms with van der Waals surface area (Å²) in [6.07, 6.45) is -0.0379. The minimum atomic E-state index is -2.18. The lowest BCUT2D eigenvalue weighted by Gasteiger charge is -2.12. The highest BCUT2D eigenvalue weighted by molar-refractivity contribution is 6.23. The van der Waals surface area contributed by atoms with E-state index in [1.807, 2.05) is 0 Å². The smallest absolute Gasteiger partial charge is 0.341 e. The molecule has 24 heavy (non-hydrogen) atoms. The van der Waals surface area contributed by atoms with Gasteiger partial charge in [0.2, 0.25) is 0 Å². The Labute approximate surface area is 134 Å². The summed E-state index contributed by atoms with van der Waals surface area (Å²) in [7, 11) is 0. The molecule has 0 aliphatic heterocycles. The average Bonchev–Trinajstić information content (AvgIpc) is 2.54. The van der Waals surface area contributed by atoms with Gasteiger partial charge in [-0.2, -0.15) is 0 Å². The molecule has 9 heteroatoms. The van der Waals surface area contributed by atoms with E-state index in [0.717, 1.165) is 0 Å². The van der Waals surface area contributed by atoms with Gasteiger partial charge in [-0.05, 0) is 19.4 Å². The van der Waals surface area contributed by atoms with Gasteiger partial charge in [-0.3, -0.25) is 4.99 Å². The molecule has 1 rings (SSSR count). The van der Waals surface area contributed by atoms with Gasteiger partial charge in [0.15, 0.2) is 23.3 Å². The third-order valence-corrected chi connectivity index (χ3v) is 3.07. The lowest BCUT2D eigenvalue weighted by Crippen LogP contribution is -2.18. The Morgan fingerprint density at radius 2 is 1.75 bits per heavy atom. The molecule has 0 saturated carbocycles. The van der Waals surface area contributed by atoms with Gasteiger partial charge in [0, 0.05) is 0 Å². The van der Waals surface area contributed by atoms with Gasteiger partial charge in [0.05, 0.1) is 23.9 Å². The van der Waals surface area contributed by atoms with Crippen LogP contribution in [0.3, 0.4) is 0 Å². The van der Waals surface area contributed by atoms with Gasteiger partial charge in [-0.15, -0.1) is 0 Å². The number of carbonyl (C=O) groups is 1. The predicted molar refractivity (Wildman–Crippen MR) is 77.7 cm³/mol. The van der Waals surface area contributed by atoms with Crippen molar-refractivity contribution in [1.29, 1.82) is 0 Å². The van der Waals surface area contributed by atoms with Crippen LogP contribution in [0.4, 0.5) is 17.6 Å². The minimum absolute atomic E-state index is 0.0379. The van der Waals surface area contributed by atoms with E-state index >= 15 is 0 Å². The Balaban J connectivity index is 3.69. The Bertz CT molecular complexity index is 716. The second-order valence-electron chi connectivity index (χ2n) is 4.84. The summed E-state index contributed by atoms with van der Waals surface area (Å²) in [5.41, 5.74) is -2.28. The molecule has 0 aromatic heterocycles. The first-order valence-corrected chi connectivity index (χ1v) is 6.83. The molecule has 0 amide bonds.